The minimum atomic E-state index is -0.375. The molecule has 0 aliphatic carbocycles. The van der Waals surface area contributed by atoms with Crippen molar-refractivity contribution < 1.29 is 19.0 Å². The third-order valence-corrected chi connectivity index (χ3v) is 3.40. The fourth-order valence-electron chi connectivity index (χ4n) is 2.20. The summed E-state index contributed by atoms with van der Waals surface area (Å²) < 4.78 is 16.1. The van der Waals surface area contributed by atoms with E-state index in [9.17, 15) is 4.79 Å². The lowest BCUT2D eigenvalue weighted by Crippen LogP contribution is -2.22. The van der Waals surface area contributed by atoms with Crippen LogP contribution in [0.5, 0.6) is 5.88 Å². The first-order valence-corrected chi connectivity index (χ1v) is 8.05. The maximum Gasteiger partial charge on any atom is 0.343 e. The predicted octanol–water partition coefficient (Wildman–Crippen LogP) is 3.40. The van der Waals surface area contributed by atoms with Crippen LogP contribution in [0.15, 0.2) is 12.3 Å². The van der Waals surface area contributed by atoms with Crippen LogP contribution in [0.3, 0.4) is 0 Å². The van der Waals surface area contributed by atoms with Gasteiger partial charge in [-0.25, -0.2) is 9.78 Å². The number of ether oxygens (including phenoxy) is 3. The van der Waals surface area contributed by atoms with Gasteiger partial charge in [-0.05, 0) is 44.2 Å². The molecule has 5 nitrogen and oxygen atoms in total. The molecule has 0 atom stereocenters. The number of aryl methyl sites for hydroxylation is 1. The Morgan fingerprint density at radius 3 is 2.68 bits per heavy atom. The number of hydrogen-bond acceptors (Lipinski definition) is 5. The second kappa shape index (κ2) is 10.2. The highest BCUT2D eigenvalue weighted by molar-refractivity contribution is 5.93. The van der Waals surface area contributed by atoms with Crippen molar-refractivity contribution in [2.45, 2.75) is 40.5 Å². The Hall–Kier alpha value is -1.62. The molecule has 0 radical (unpaired) electrons. The summed E-state index contributed by atoms with van der Waals surface area (Å²) in [6.45, 7) is 10.1. The number of rotatable bonds is 5. The second-order valence-corrected chi connectivity index (χ2v) is 4.90. The van der Waals surface area contributed by atoms with E-state index in [1.54, 1.807) is 19.2 Å². The Balaban J connectivity index is 0.00000116. The maximum atomic E-state index is 12.0. The minimum Gasteiger partial charge on any atom is -0.477 e. The molecule has 0 bridgehead atoms. The smallest absolute Gasteiger partial charge is 0.343 e. The third kappa shape index (κ3) is 5.30. The Labute approximate surface area is 133 Å². The van der Waals surface area contributed by atoms with E-state index in [2.05, 4.69) is 4.98 Å². The standard InChI is InChI=1S/C15H21NO4.C2H6/c1-3-19-15(17)13-11(2)4-7-16-14(13)20-10-12-5-8-18-9-6-12;1-2/h4,7,12H,3,5-6,8-10H2,1-2H3;1-2H3. The lowest BCUT2D eigenvalue weighted by Gasteiger charge is -2.22. The van der Waals surface area contributed by atoms with Crippen LogP contribution in [-0.4, -0.2) is 37.4 Å². The summed E-state index contributed by atoms with van der Waals surface area (Å²) in [5.74, 6) is 0.455. The lowest BCUT2D eigenvalue weighted by atomic mass is 10.0. The molecule has 2 rings (SSSR count). The quantitative estimate of drug-likeness (QED) is 0.780. The summed E-state index contributed by atoms with van der Waals surface area (Å²) in [5.41, 5.74) is 1.25. The van der Waals surface area contributed by atoms with E-state index in [-0.39, 0.29) is 5.97 Å². The molecular formula is C17H27NO4. The predicted molar refractivity (Wildman–Crippen MR) is 85.3 cm³/mol. The highest BCUT2D eigenvalue weighted by Crippen LogP contribution is 2.22. The van der Waals surface area contributed by atoms with Gasteiger partial charge in [0.1, 0.15) is 5.56 Å². The Kier molecular flexibility index (Phi) is 8.51. The van der Waals surface area contributed by atoms with E-state index in [4.69, 9.17) is 14.2 Å². The van der Waals surface area contributed by atoms with E-state index in [0.717, 1.165) is 31.6 Å². The topological polar surface area (TPSA) is 57.7 Å². The van der Waals surface area contributed by atoms with Gasteiger partial charge >= 0.3 is 5.97 Å². The Morgan fingerprint density at radius 2 is 2.05 bits per heavy atom. The molecule has 0 N–H and O–H groups in total. The van der Waals surface area contributed by atoms with Crippen LogP contribution >= 0.6 is 0 Å². The Bertz CT molecular complexity index is 456. The van der Waals surface area contributed by atoms with E-state index >= 15 is 0 Å². The van der Waals surface area contributed by atoms with Gasteiger partial charge in [-0.1, -0.05) is 13.8 Å². The van der Waals surface area contributed by atoms with Crippen molar-refractivity contribution in [1.29, 1.82) is 0 Å². The molecule has 124 valence electrons. The van der Waals surface area contributed by atoms with Gasteiger partial charge in [0.25, 0.3) is 0 Å². The monoisotopic (exact) mass is 309 g/mol. The van der Waals surface area contributed by atoms with Crippen LogP contribution in [0.25, 0.3) is 0 Å². The normalized spacial score (nSPS) is 14.7. The summed E-state index contributed by atoms with van der Waals surface area (Å²) in [6, 6.07) is 1.79. The van der Waals surface area contributed by atoms with Crippen molar-refractivity contribution in [2.75, 3.05) is 26.4 Å². The molecule has 0 amide bonds. The summed E-state index contributed by atoms with van der Waals surface area (Å²) in [6.07, 6.45) is 3.62. The van der Waals surface area contributed by atoms with Gasteiger partial charge in [0.05, 0.1) is 13.2 Å². The summed E-state index contributed by atoms with van der Waals surface area (Å²) >= 11 is 0. The first-order chi connectivity index (χ1) is 10.7. The molecule has 1 saturated heterocycles. The molecule has 1 aliphatic rings. The SMILES string of the molecule is CC.CCOC(=O)c1c(C)ccnc1OCC1CCOCC1. The number of pyridine rings is 1. The molecule has 1 aromatic rings. The highest BCUT2D eigenvalue weighted by atomic mass is 16.5. The first-order valence-electron chi connectivity index (χ1n) is 8.05. The molecule has 0 saturated carbocycles. The molecule has 0 unspecified atom stereocenters. The summed E-state index contributed by atoms with van der Waals surface area (Å²) in [4.78, 5) is 16.1. The third-order valence-electron chi connectivity index (χ3n) is 3.40. The second-order valence-electron chi connectivity index (χ2n) is 4.90. The molecule has 22 heavy (non-hydrogen) atoms. The van der Waals surface area contributed by atoms with Crippen molar-refractivity contribution in [1.82, 2.24) is 4.98 Å². The first kappa shape index (κ1) is 18.4. The Morgan fingerprint density at radius 1 is 1.36 bits per heavy atom. The average molecular weight is 309 g/mol. The van der Waals surface area contributed by atoms with E-state index in [0.29, 0.717) is 30.6 Å². The van der Waals surface area contributed by atoms with E-state index in [1.165, 1.54) is 0 Å². The maximum absolute atomic E-state index is 12.0. The summed E-state index contributed by atoms with van der Waals surface area (Å²) in [7, 11) is 0. The molecule has 0 aromatic carbocycles. The zero-order chi connectivity index (χ0) is 16.4. The number of carbonyl (C=O) groups is 1. The van der Waals surface area contributed by atoms with Gasteiger partial charge in [0.15, 0.2) is 0 Å². The van der Waals surface area contributed by atoms with Crippen LogP contribution in [0, 0.1) is 12.8 Å². The van der Waals surface area contributed by atoms with Crippen LogP contribution in [-0.2, 0) is 9.47 Å². The number of aromatic nitrogens is 1. The zero-order valence-electron chi connectivity index (χ0n) is 14.1. The van der Waals surface area contributed by atoms with Crippen molar-refractivity contribution in [2.24, 2.45) is 5.92 Å². The average Bonchev–Trinajstić information content (AvgIpc) is 2.56. The zero-order valence-corrected chi connectivity index (χ0v) is 14.1. The van der Waals surface area contributed by atoms with Crippen LogP contribution in [0.4, 0.5) is 0 Å². The van der Waals surface area contributed by atoms with Gasteiger partial charge < -0.3 is 14.2 Å². The van der Waals surface area contributed by atoms with Crippen LogP contribution in [0.1, 0.15) is 49.5 Å². The van der Waals surface area contributed by atoms with Crippen molar-refractivity contribution >= 4 is 5.97 Å². The molecule has 2 heterocycles. The van der Waals surface area contributed by atoms with Crippen molar-refractivity contribution in [3.05, 3.63) is 23.4 Å². The van der Waals surface area contributed by atoms with Gasteiger partial charge in [-0.3, -0.25) is 0 Å². The fourth-order valence-corrected chi connectivity index (χ4v) is 2.20. The number of hydrogen-bond donors (Lipinski definition) is 0. The van der Waals surface area contributed by atoms with Gasteiger partial charge in [-0.2, -0.15) is 0 Å². The fraction of sp³-hybridized carbons (Fsp3) is 0.647. The summed E-state index contributed by atoms with van der Waals surface area (Å²) in [5, 5.41) is 0. The molecule has 0 spiro atoms. The van der Waals surface area contributed by atoms with Crippen LogP contribution < -0.4 is 4.74 Å². The number of carbonyl (C=O) groups excluding carboxylic acids is 1. The van der Waals surface area contributed by atoms with Gasteiger partial charge in [-0.15, -0.1) is 0 Å². The lowest BCUT2D eigenvalue weighted by molar-refractivity contribution is 0.0459. The highest BCUT2D eigenvalue weighted by Gasteiger charge is 2.20. The molecule has 1 fully saturated rings. The van der Waals surface area contributed by atoms with Crippen molar-refractivity contribution in [3.8, 4) is 5.88 Å². The molecule has 5 heteroatoms. The van der Waals surface area contributed by atoms with Gasteiger partial charge in [0, 0.05) is 19.4 Å². The van der Waals surface area contributed by atoms with E-state index in [1.807, 2.05) is 20.8 Å². The largest absolute Gasteiger partial charge is 0.477 e. The van der Waals surface area contributed by atoms with Crippen LogP contribution in [0.2, 0.25) is 0 Å². The number of esters is 1. The van der Waals surface area contributed by atoms with Crippen molar-refractivity contribution in [3.63, 3.8) is 0 Å². The molecule has 1 aromatic heterocycles. The molecular weight excluding hydrogens is 282 g/mol. The molecule has 1 aliphatic heterocycles. The van der Waals surface area contributed by atoms with Gasteiger partial charge in [0.2, 0.25) is 5.88 Å². The van der Waals surface area contributed by atoms with E-state index < -0.39 is 0 Å². The minimum absolute atomic E-state index is 0.340. The number of nitrogens with zero attached hydrogens (tertiary/aromatic N) is 1.